The van der Waals surface area contributed by atoms with E-state index < -0.39 is 0 Å². The van der Waals surface area contributed by atoms with Crippen LogP contribution < -0.4 is 16.2 Å². The molecule has 1 aromatic heterocycles. The molecule has 0 amide bonds. The van der Waals surface area contributed by atoms with Gasteiger partial charge in [-0.15, -0.1) is 5.10 Å². The zero-order valence-corrected chi connectivity index (χ0v) is 8.79. The van der Waals surface area contributed by atoms with Gasteiger partial charge in [0, 0.05) is 6.54 Å². The molecular weight excluding hydrogens is 180 g/mol. The van der Waals surface area contributed by atoms with E-state index in [1.54, 1.807) is 4.68 Å². The molecule has 0 unspecified atom stereocenters. The summed E-state index contributed by atoms with van der Waals surface area (Å²) < 4.78 is 6.67. The van der Waals surface area contributed by atoms with Crippen LogP contribution in [-0.4, -0.2) is 16.9 Å². The standard InChI is InChI=1S/C9H18N4O/c1-3-4-5-6-13-8(11)7(10)9(12-13)14-2/h3-6,10-11H2,1-2H3. The van der Waals surface area contributed by atoms with Crippen LogP contribution in [0.1, 0.15) is 26.2 Å². The summed E-state index contributed by atoms with van der Waals surface area (Å²) in [7, 11) is 1.54. The van der Waals surface area contributed by atoms with E-state index in [-0.39, 0.29) is 0 Å². The van der Waals surface area contributed by atoms with Gasteiger partial charge in [0.1, 0.15) is 11.5 Å². The van der Waals surface area contributed by atoms with Gasteiger partial charge in [-0.1, -0.05) is 19.8 Å². The van der Waals surface area contributed by atoms with E-state index in [9.17, 15) is 0 Å². The van der Waals surface area contributed by atoms with Crippen LogP contribution in [0.3, 0.4) is 0 Å². The molecule has 1 rings (SSSR count). The van der Waals surface area contributed by atoms with Crippen molar-refractivity contribution in [2.24, 2.45) is 0 Å². The van der Waals surface area contributed by atoms with E-state index in [4.69, 9.17) is 16.2 Å². The van der Waals surface area contributed by atoms with Crippen LogP contribution in [0.2, 0.25) is 0 Å². The summed E-state index contributed by atoms with van der Waals surface area (Å²) in [6.45, 7) is 2.95. The Kier molecular flexibility index (Phi) is 3.62. The van der Waals surface area contributed by atoms with Crippen molar-refractivity contribution in [1.29, 1.82) is 0 Å². The van der Waals surface area contributed by atoms with Crippen molar-refractivity contribution < 1.29 is 4.74 Å². The molecule has 0 radical (unpaired) electrons. The number of aromatic nitrogens is 2. The van der Waals surface area contributed by atoms with Gasteiger partial charge < -0.3 is 16.2 Å². The molecule has 0 aliphatic carbocycles. The topological polar surface area (TPSA) is 79.1 Å². The second-order valence-corrected chi connectivity index (χ2v) is 3.24. The zero-order chi connectivity index (χ0) is 10.6. The lowest BCUT2D eigenvalue weighted by atomic mass is 10.2. The molecule has 0 aliphatic heterocycles. The molecule has 0 saturated carbocycles. The molecule has 0 aromatic carbocycles. The first kappa shape index (κ1) is 10.7. The number of methoxy groups -OCH3 is 1. The van der Waals surface area contributed by atoms with Crippen molar-refractivity contribution in [3.63, 3.8) is 0 Å². The maximum absolute atomic E-state index is 5.76. The summed E-state index contributed by atoms with van der Waals surface area (Å²) in [5, 5.41) is 4.14. The second kappa shape index (κ2) is 4.74. The highest BCUT2D eigenvalue weighted by molar-refractivity contribution is 5.65. The summed E-state index contributed by atoms with van der Waals surface area (Å²) in [6.07, 6.45) is 3.40. The van der Waals surface area contributed by atoms with E-state index in [0.29, 0.717) is 17.4 Å². The molecule has 0 atom stereocenters. The summed E-state index contributed by atoms with van der Waals surface area (Å²) in [5.41, 5.74) is 11.9. The van der Waals surface area contributed by atoms with Crippen molar-refractivity contribution in [1.82, 2.24) is 9.78 Å². The highest BCUT2D eigenvalue weighted by Crippen LogP contribution is 2.26. The molecule has 1 aromatic rings. The lowest BCUT2D eigenvalue weighted by molar-refractivity contribution is 0.388. The van der Waals surface area contributed by atoms with Gasteiger partial charge in [0.15, 0.2) is 0 Å². The minimum absolute atomic E-state index is 0.416. The number of hydrogen-bond acceptors (Lipinski definition) is 4. The van der Waals surface area contributed by atoms with Crippen LogP contribution >= 0.6 is 0 Å². The highest BCUT2D eigenvalue weighted by Gasteiger charge is 2.11. The first-order valence-corrected chi connectivity index (χ1v) is 4.86. The molecule has 5 nitrogen and oxygen atoms in total. The van der Waals surface area contributed by atoms with Crippen LogP contribution in [0.4, 0.5) is 11.5 Å². The van der Waals surface area contributed by atoms with Gasteiger partial charge in [0.05, 0.1) is 7.11 Å². The number of aryl methyl sites for hydroxylation is 1. The van der Waals surface area contributed by atoms with Gasteiger partial charge in [0.25, 0.3) is 5.88 Å². The van der Waals surface area contributed by atoms with E-state index in [1.807, 2.05) is 0 Å². The number of ether oxygens (including phenoxy) is 1. The van der Waals surface area contributed by atoms with Gasteiger partial charge in [0.2, 0.25) is 0 Å². The van der Waals surface area contributed by atoms with Crippen LogP contribution in [-0.2, 0) is 6.54 Å². The first-order chi connectivity index (χ1) is 6.70. The number of hydrogen-bond donors (Lipinski definition) is 2. The largest absolute Gasteiger partial charge is 0.478 e. The minimum Gasteiger partial charge on any atom is -0.478 e. The summed E-state index contributed by atoms with van der Waals surface area (Å²) in [5.74, 6) is 0.914. The van der Waals surface area contributed by atoms with Crippen molar-refractivity contribution in [3.8, 4) is 5.88 Å². The zero-order valence-electron chi connectivity index (χ0n) is 8.79. The predicted molar refractivity (Wildman–Crippen MR) is 57.1 cm³/mol. The first-order valence-electron chi connectivity index (χ1n) is 4.86. The van der Waals surface area contributed by atoms with E-state index in [2.05, 4.69) is 12.0 Å². The molecule has 0 fully saturated rings. The summed E-state index contributed by atoms with van der Waals surface area (Å²) >= 11 is 0. The van der Waals surface area contributed by atoms with Crippen molar-refractivity contribution in [2.45, 2.75) is 32.7 Å². The molecule has 0 spiro atoms. The van der Waals surface area contributed by atoms with Crippen LogP contribution in [0.5, 0.6) is 5.88 Å². The Morgan fingerprint density at radius 1 is 1.36 bits per heavy atom. The highest BCUT2D eigenvalue weighted by atomic mass is 16.5. The van der Waals surface area contributed by atoms with Gasteiger partial charge >= 0.3 is 0 Å². The van der Waals surface area contributed by atoms with E-state index in [0.717, 1.165) is 13.0 Å². The minimum atomic E-state index is 0.416. The van der Waals surface area contributed by atoms with Crippen LogP contribution in [0, 0.1) is 0 Å². The number of anilines is 2. The fourth-order valence-electron chi connectivity index (χ4n) is 1.30. The molecule has 4 N–H and O–H groups in total. The van der Waals surface area contributed by atoms with E-state index >= 15 is 0 Å². The molecule has 0 bridgehead atoms. The number of unbranched alkanes of at least 4 members (excludes halogenated alkanes) is 2. The average Bonchev–Trinajstić information content (AvgIpc) is 2.46. The van der Waals surface area contributed by atoms with Gasteiger partial charge in [-0.05, 0) is 6.42 Å². The molecular formula is C9H18N4O. The Morgan fingerprint density at radius 2 is 2.07 bits per heavy atom. The average molecular weight is 198 g/mol. The number of rotatable bonds is 5. The molecule has 5 heteroatoms. The van der Waals surface area contributed by atoms with Crippen molar-refractivity contribution in [2.75, 3.05) is 18.6 Å². The van der Waals surface area contributed by atoms with Gasteiger partial charge in [-0.25, -0.2) is 4.68 Å². The van der Waals surface area contributed by atoms with Crippen molar-refractivity contribution in [3.05, 3.63) is 0 Å². The third-order valence-corrected chi connectivity index (χ3v) is 2.16. The number of nitrogen functional groups attached to an aromatic ring is 2. The van der Waals surface area contributed by atoms with Crippen LogP contribution in [0.15, 0.2) is 0 Å². The third-order valence-electron chi connectivity index (χ3n) is 2.16. The molecule has 80 valence electrons. The Labute approximate surface area is 84.0 Å². The third kappa shape index (κ3) is 2.10. The van der Waals surface area contributed by atoms with Crippen molar-refractivity contribution >= 4 is 11.5 Å². The maximum Gasteiger partial charge on any atom is 0.258 e. The fourth-order valence-corrected chi connectivity index (χ4v) is 1.30. The SMILES string of the molecule is CCCCCn1nc(OC)c(N)c1N. The lowest BCUT2D eigenvalue weighted by Crippen LogP contribution is -2.05. The van der Waals surface area contributed by atoms with E-state index in [1.165, 1.54) is 20.0 Å². The Morgan fingerprint density at radius 3 is 2.57 bits per heavy atom. The smallest absolute Gasteiger partial charge is 0.258 e. The van der Waals surface area contributed by atoms with Gasteiger partial charge in [-0.3, -0.25) is 0 Å². The Hall–Kier alpha value is -1.39. The fraction of sp³-hybridized carbons (Fsp3) is 0.667. The molecule has 0 saturated heterocycles. The monoisotopic (exact) mass is 198 g/mol. The Balaban J connectivity index is 2.67. The number of nitrogens with two attached hydrogens (primary N) is 2. The normalized spacial score (nSPS) is 10.4. The molecule has 1 heterocycles. The number of nitrogens with zero attached hydrogens (tertiary/aromatic N) is 2. The van der Waals surface area contributed by atoms with Crippen LogP contribution in [0.25, 0.3) is 0 Å². The van der Waals surface area contributed by atoms with Gasteiger partial charge in [-0.2, -0.15) is 0 Å². The molecule has 14 heavy (non-hydrogen) atoms. The summed E-state index contributed by atoms with van der Waals surface area (Å²) in [6, 6.07) is 0. The molecule has 0 aliphatic rings. The quantitative estimate of drug-likeness (QED) is 0.698. The predicted octanol–water partition coefficient (Wildman–Crippen LogP) is 1.25. The lowest BCUT2D eigenvalue weighted by Gasteiger charge is -2.01. The second-order valence-electron chi connectivity index (χ2n) is 3.24. The maximum atomic E-state index is 5.76. The Bertz CT molecular complexity index is 295. The summed E-state index contributed by atoms with van der Waals surface area (Å²) in [4.78, 5) is 0.